The molecule has 0 bridgehead atoms. The Morgan fingerprint density at radius 3 is 2.65 bits per heavy atom. The highest BCUT2D eigenvalue weighted by atomic mass is 16.2. The van der Waals surface area contributed by atoms with Crippen LogP contribution in [-0.2, 0) is 4.79 Å². The fourth-order valence-electron chi connectivity index (χ4n) is 1.78. The summed E-state index contributed by atoms with van der Waals surface area (Å²) in [5.41, 5.74) is 7.49. The van der Waals surface area contributed by atoms with Gasteiger partial charge in [0.15, 0.2) is 0 Å². The number of amides is 1. The van der Waals surface area contributed by atoms with Crippen LogP contribution in [0.25, 0.3) is 5.69 Å². The van der Waals surface area contributed by atoms with Gasteiger partial charge in [0, 0.05) is 5.69 Å². The maximum atomic E-state index is 12.0. The first-order valence-electron chi connectivity index (χ1n) is 6.65. The SMILES string of the molecule is CCC(C)C(N)C(=O)Nc1ccc(-n2ccnn2)cc1. The fraction of sp³-hybridized carbons (Fsp3) is 0.357. The molecule has 6 nitrogen and oxygen atoms in total. The minimum Gasteiger partial charge on any atom is -0.325 e. The molecule has 0 radical (unpaired) electrons. The Labute approximate surface area is 118 Å². The molecular formula is C14H19N5O. The maximum Gasteiger partial charge on any atom is 0.241 e. The van der Waals surface area contributed by atoms with Gasteiger partial charge in [-0.3, -0.25) is 4.79 Å². The van der Waals surface area contributed by atoms with Gasteiger partial charge in [-0.25, -0.2) is 4.68 Å². The van der Waals surface area contributed by atoms with E-state index in [-0.39, 0.29) is 11.8 Å². The number of anilines is 1. The van der Waals surface area contributed by atoms with Gasteiger partial charge < -0.3 is 11.1 Å². The minimum absolute atomic E-state index is 0.157. The molecule has 20 heavy (non-hydrogen) atoms. The average Bonchev–Trinajstić information content (AvgIpc) is 3.00. The van der Waals surface area contributed by atoms with E-state index in [1.165, 1.54) is 0 Å². The average molecular weight is 273 g/mol. The Hall–Kier alpha value is -2.21. The fourth-order valence-corrected chi connectivity index (χ4v) is 1.78. The molecule has 2 atom stereocenters. The zero-order valence-electron chi connectivity index (χ0n) is 11.7. The number of aromatic nitrogens is 3. The monoisotopic (exact) mass is 273 g/mol. The lowest BCUT2D eigenvalue weighted by Crippen LogP contribution is -2.40. The smallest absolute Gasteiger partial charge is 0.241 e. The molecule has 0 saturated carbocycles. The number of hydrogen-bond acceptors (Lipinski definition) is 4. The third-order valence-corrected chi connectivity index (χ3v) is 3.38. The molecule has 2 unspecified atom stereocenters. The first-order chi connectivity index (χ1) is 9.61. The second kappa shape index (κ2) is 6.29. The quantitative estimate of drug-likeness (QED) is 0.866. The van der Waals surface area contributed by atoms with Crippen LogP contribution in [-0.4, -0.2) is 26.9 Å². The van der Waals surface area contributed by atoms with Crippen molar-refractivity contribution in [3.63, 3.8) is 0 Å². The Kier molecular flexibility index (Phi) is 4.47. The van der Waals surface area contributed by atoms with Crippen LogP contribution in [0.15, 0.2) is 36.7 Å². The van der Waals surface area contributed by atoms with Crippen molar-refractivity contribution in [1.82, 2.24) is 15.0 Å². The van der Waals surface area contributed by atoms with Crippen molar-refractivity contribution < 1.29 is 4.79 Å². The summed E-state index contributed by atoms with van der Waals surface area (Å²) in [5.74, 6) is -0.00252. The number of nitrogens with two attached hydrogens (primary N) is 1. The van der Waals surface area contributed by atoms with Crippen molar-refractivity contribution in [2.24, 2.45) is 11.7 Å². The molecule has 0 aliphatic heterocycles. The highest BCUT2D eigenvalue weighted by Gasteiger charge is 2.19. The molecule has 0 fully saturated rings. The second-order valence-corrected chi connectivity index (χ2v) is 4.80. The molecule has 1 heterocycles. The van der Waals surface area contributed by atoms with E-state index in [1.807, 2.05) is 38.1 Å². The highest BCUT2D eigenvalue weighted by molar-refractivity contribution is 5.94. The first kappa shape index (κ1) is 14.2. The van der Waals surface area contributed by atoms with Crippen molar-refractivity contribution in [3.05, 3.63) is 36.7 Å². The number of nitrogens with zero attached hydrogens (tertiary/aromatic N) is 3. The van der Waals surface area contributed by atoms with Crippen LogP contribution in [0.3, 0.4) is 0 Å². The van der Waals surface area contributed by atoms with E-state index in [2.05, 4.69) is 15.6 Å². The van der Waals surface area contributed by atoms with E-state index in [4.69, 9.17) is 5.73 Å². The lowest BCUT2D eigenvalue weighted by molar-refractivity contribution is -0.118. The maximum absolute atomic E-state index is 12.0. The van der Waals surface area contributed by atoms with E-state index in [9.17, 15) is 4.79 Å². The van der Waals surface area contributed by atoms with Crippen LogP contribution >= 0.6 is 0 Å². The number of carbonyl (C=O) groups is 1. The van der Waals surface area contributed by atoms with E-state index in [0.717, 1.165) is 17.8 Å². The third-order valence-electron chi connectivity index (χ3n) is 3.38. The summed E-state index contributed by atoms with van der Waals surface area (Å²) in [5, 5.41) is 10.5. The summed E-state index contributed by atoms with van der Waals surface area (Å²) >= 11 is 0. The van der Waals surface area contributed by atoms with Crippen LogP contribution in [0.4, 0.5) is 5.69 Å². The van der Waals surface area contributed by atoms with Gasteiger partial charge in [0.2, 0.25) is 5.91 Å². The Bertz CT molecular complexity index is 549. The largest absolute Gasteiger partial charge is 0.325 e. The van der Waals surface area contributed by atoms with E-state index < -0.39 is 6.04 Å². The van der Waals surface area contributed by atoms with Gasteiger partial charge in [-0.15, -0.1) is 5.10 Å². The van der Waals surface area contributed by atoms with Crippen LogP contribution < -0.4 is 11.1 Å². The molecule has 6 heteroatoms. The van der Waals surface area contributed by atoms with E-state index in [1.54, 1.807) is 17.1 Å². The predicted octanol–water partition coefficient (Wildman–Crippen LogP) is 1.58. The van der Waals surface area contributed by atoms with Crippen LogP contribution in [0.2, 0.25) is 0 Å². The predicted molar refractivity (Wildman–Crippen MR) is 77.4 cm³/mol. The summed E-state index contributed by atoms with van der Waals surface area (Å²) < 4.78 is 1.65. The minimum atomic E-state index is -0.491. The molecule has 2 aromatic rings. The molecule has 1 aromatic carbocycles. The Morgan fingerprint density at radius 2 is 2.10 bits per heavy atom. The normalized spacial score (nSPS) is 13.8. The molecule has 1 aromatic heterocycles. The van der Waals surface area contributed by atoms with Gasteiger partial charge in [-0.05, 0) is 30.2 Å². The van der Waals surface area contributed by atoms with Crippen molar-refractivity contribution in [2.45, 2.75) is 26.3 Å². The molecule has 0 spiro atoms. The van der Waals surface area contributed by atoms with Gasteiger partial charge in [0.05, 0.1) is 24.1 Å². The lowest BCUT2D eigenvalue weighted by Gasteiger charge is -2.17. The number of hydrogen-bond donors (Lipinski definition) is 2. The summed E-state index contributed by atoms with van der Waals surface area (Å²) in [7, 11) is 0. The molecule has 2 rings (SSSR count). The van der Waals surface area contributed by atoms with Crippen molar-refractivity contribution in [2.75, 3.05) is 5.32 Å². The van der Waals surface area contributed by atoms with Crippen LogP contribution in [0, 0.1) is 5.92 Å². The van der Waals surface area contributed by atoms with Crippen LogP contribution in [0.5, 0.6) is 0 Å². The van der Waals surface area contributed by atoms with E-state index >= 15 is 0 Å². The summed E-state index contributed by atoms with van der Waals surface area (Å²) in [6, 6.07) is 6.87. The first-order valence-corrected chi connectivity index (χ1v) is 6.65. The molecule has 0 aliphatic rings. The topological polar surface area (TPSA) is 85.8 Å². The van der Waals surface area contributed by atoms with Gasteiger partial charge in [-0.2, -0.15) is 0 Å². The Morgan fingerprint density at radius 1 is 1.40 bits per heavy atom. The standard InChI is InChI=1S/C14H19N5O/c1-3-10(2)13(15)14(20)17-11-4-6-12(7-5-11)19-9-8-16-18-19/h4-10,13H,3,15H2,1-2H3,(H,17,20). The molecule has 3 N–H and O–H groups in total. The lowest BCUT2D eigenvalue weighted by atomic mass is 9.99. The van der Waals surface area contributed by atoms with Crippen molar-refractivity contribution in [3.8, 4) is 5.69 Å². The number of rotatable bonds is 5. The number of nitrogens with one attached hydrogen (secondary N) is 1. The molecule has 106 valence electrons. The summed E-state index contributed by atoms with van der Waals surface area (Å²) in [6.45, 7) is 3.99. The highest BCUT2D eigenvalue weighted by Crippen LogP contribution is 2.14. The third kappa shape index (κ3) is 3.21. The van der Waals surface area contributed by atoms with Gasteiger partial charge in [0.1, 0.15) is 0 Å². The Balaban J connectivity index is 2.02. The van der Waals surface area contributed by atoms with E-state index in [0.29, 0.717) is 0 Å². The zero-order valence-corrected chi connectivity index (χ0v) is 11.7. The summed E-state index contributed by atoms with van der Waals surface area (Å²) in [6.07, 6.45) is 4.24. The van der Waals surface area contributed by atoms with Crippen LogP contribution in [0.1, 0.15) is 20.3 Å². The van der Waals surface area contributed by atoms with Gasteiger partial charge in [-0.1, -0.05) is 25.5 Å². The molecule has 1 amide bonds. The zero-order chi connectivity index (χ0) is 14.5. The van der Waals surface area contributed by atoms with Crippen molar-refractivity contribution >= 4 is 11.6 Å². The molecule has 0 aliphatic carbocycles. The van der Waals surface area contributed by atoms with Gasteiger partial charge in [0.25, 0.3) is 0 Å². The van der Waals surface area contributed by atoms with Crippen molar-refractivity contribution in [1.29, 1.82) is 0 Å². The second-order valence-electron chi connectivity index (χ2n) is 4.80. The number of benzene rings is 1. The number of carbonyl (C=O) groups excluding carboxylic acids is 1. The molecular weight excluding hydrogens is 254 g/mol. The van der Waals surface area contributed by atoms with Gasteiger partial charge >= 0.3 is 0 Å². The summed E-state index contributed by atoms with van der Waals surface area (Å²) in [4.78, 5) is 12.0. The molecule has 0 saturated heterocycles.